The largest absolute Gasteiger partial charge is 0.384 e. The van der Waals surface area contributed by atoms with Crippen LogP contribution in [0.25, 0.3) is 0 Å². The van der Waals surface area contributed by atoms with Gasteiger partial charge in [0.05, 0.1) is 17.6 Å². The number of carbonyl (C=O) groups excluding carboxylic acids is 1. The number of anilines is 1. The van der Waals surface area contributed by atoms with Crippen LogP contribution >= 0.6 is 23.1 Å². The predicted molar refractivity (Wildman–Crippen MR) is 125 cm³/mol. The molecule has 0 amide bonds. The number of nitrogens with two attached hydrogens (primary N) is 1. The lowest BCUT2D eigenvalue weighted by Crippen LogP contribution is -2.42. The number of nitriles is 1. The van der Waals surface area contributed by atoms with Gasteiger partial charge in [-0.25, -0.2) is 0 Å². The predicted octanol–water partition coefficient (Wildman–Crippen LogP) is 4.90. The van der Waals surface area contributed by atoms with Crippen molar-refractivity contribution >= 4 is 34.0 Å². The average Bonchev–Trinajstić information content (AvgIpc) is 3.15. The highest BCUT2D eigenvalue weighted by Gasteiger charge is 2.45. The smallest absolute Gasteiger partial charge is 0.219 e. The van der Waals surface area contributed by atoms with Crippen molar-refractivity contribution in [2.24, 2.45) is 11.1 Å². The summed E-state index contributed by atoms with van der Waals surface area (Å²) in [6.07, 6.45) is 1.11. The molecule has 2 N–H and O–H groups in total. The molecule has 2 aliphatic rings. The molecule has 160 valence electrons. The number of thioether (sulfide) groups is 1. The standard InChI is InChI=1S/C23H25N5OS2/c1-5-30-22-27-26-21(31-22)28-16-10-23(3,4)11-17(29)19(16)18(15(12-24)20(28)25)14-9-7-6-8-13(14)2/h6-9,18H,5,10-11,25H2,1-4H3. The zero-order valence-electron chi connectivity index (χ0n) is 18.1. The van der Waals surface area contributed by atoms with Crippen molar-refractivity contribution in [3.05, 3.63) is 58.1 Å². The number of ketones is 1. The van der Waals surface area contributed by atoms with E-state index in [2.05, 4.69) is 37.0 Å². The molecule has 1 atom stereocenters. The Labute approximate surface area is 190 Å². The van der Waals surface area contributed by atoms with Crippen LogP contribution < -0.4 is 10.6 Å². The monoisotopic (exact) mass is 451 g/mol. The summed E-state index contributed by atoms with van der Waals surface area (Å²) in [7, 11) is 0. The lowest BCUT2D eigenvalue weighted by molar-refractivity contribution is -0.118. The van der Waals surface area contributed by atoms with Crippen LogP contribution in [0.3, 0.4) is 0 Å². The van der Waals surface area contributed by atoms with Gasteiger partial charge in [0.1, 0.15) is 5.82 Å². The Morgan fingerprint density at radius 2 is 2.06 bits per heavy atom. The Kier molecular flexibility index (Phi) is 5.67. The van der Waals surface area contributed by atoms with Crippen LogP contribution in [0.4, 0.5) is 5.13 Å². The Morgan fingerprint density at radius 1 is 1.32 bits per heavy atom. The van der Waals surface area contributed by atoms with Gasteiger partial charge in [-0.1, -0.05) is 68.1 Å². The van der Waals surface area contributed by atoms with E-state index in [1.807, 2.05) is 31.2 Å². The third kappa shape index (κ3) is 3.77. The van der Waals surface area contributed by atoms with E-state index in [-0.39, 0.29) is 11.2 Å². The lowest BCUT2D eigenvalue weighted by atomic mass is 9.68. The summed E-state index contributed by atoms with van der Waals surface area (Å²) in [5.74, 6) is 0.832. The average molecular weight is 452 g/mol. The molecule has 0 spiro atoms. The van der Waals surface area contributed by atoms with Crippen LogP contribution in [0, 0.1) is 23.7 Å². The molecule has 4 rings (SSSR count). The maximum absolute atomic E-state index is 13.5. The van der Waals surface area contributed by atoms with E-state index in [4.69, 9.17) is 5.73 Å². The molecule has 31 heavy (non-hydrogen) atoms. The van der Waals surface area contributed by atoms with E-state index in [1.165, 1.54) is 11.3 Å². The highest BCUT2D eigenvalue weighted by atomic mass is 32.2. The normalized spacial score (nSPS) is 20.7. The maximum Gasteiger partial charge on any atom is 0.219 e. The molecule has 1 aliphatic heterocycles. The van der Waals surface area contributed by atoms with Crippen molar-refractivity contribution in [2.45, 2.75) is 50.8 Å². The maximum atomic E-state index is 13.5. The fraction of sp³-hybridized carbons (Fsp3) is 0.391. The van der Waals surface area contributed by atoms with Crippen molar-refractivity contribution in [1.29, 1.82) is 5.26 Å². The Morgan fingerprint density at radius 3 is 2.74 bits per heavy atom. The first kappa shape index (κ1) is 21.6. The van der Waals surface area contributed by atoms with Crippen LogP contribution in [0.5, 0.6) is 0 Å². The van der Waals surface area contributed by atoms with E-state index in [9.17, 15) is 10.1 Å². The number of aromatic nitrogens is 2. The molecular formula is C23H25N5OS2. The van der Waals surface area contributed by atoms with Gasteiger partial charge in [0, 0.05) is 17.7 Å². The molecule has 1 unspecified atom stereocenters. The molecule has 0 fully saturated rings. The number of Topliss-reactive ketones (excluding diaryl/α,β-unsaturated/α-hetero) is 1. The zero-order valence-corrected chi connectivity index (χ0v) is 19.7. The summed E-state index contributed by atoms with van der Waals surface area (Å²) < 4.78 is 0.841. The minimum absolute atomic E-state index is 0.0671. The topological polar surface area (TPSA) is 95.9 Å². The van der Waals surface area contributed by atoms with E-state index in [0.717, 1.165) is 26.9 Å². The molecule has 0 saturated carbocycles. The lowest BCUT2D eigenvalue weighted by Gasteiger charge is -2.42. The van der Waals surface area contributed by atoms with Crippen LogP contribution in [-0.4, -0.2) is 21.7 Å². The second-order valence-corrected chi connectivity index (χ2v) is 11.1. The summed E-state index contributed by atoms with van der Waals surface area (Å²) in [5.41, 5.74) is 10.3. The van der Waals surface area contributed by atoms with Crippen LogP contribution in [0.1, 0.15) is 50.7 Å². The third-order valence-corrected chi connectivity index (χ3v) is 7.66. The molecule has 1 aliphatic carbocycles. The Hall–Kier alpha value is -2.63. The number of rotatable bonds is 4. The van der Waals surface area contributed by atoms with E-state index >= 15 is 0 Å². The van der Waals surface area contributed by atoms with Gasteiger partial charge < -0.3 is 5.73 Å². The van der Waals surface area contributed by atoms with Crippen molar-refractivity contribution in [2.75, 3.05) is 10.7 Å². The van der Waals surface area contributed by atoms with E-state index in [0.29, 0.717) is 34.9 Å². The van der Waals surface area contributed by atoms with Crippen molar-refractivity contribution < 1.29 is 4.79 Å². The fourth-order valence-electron chi connectivity index (χ4n) is 4.42. The first-order chi connectivity index (χ1) is 14.8. The van der Waals surface area contributed by atoms with Crippen molar-refractivity contribution in [3.8, 4) is 6.07 Å². The highest BCUT2D eigenvalue weighted by molar-refractivity contribution is 8.01. The molecule has 1 aromatic heterocycles. The van der Waals surface area contributed by atoms with Gasteiger partial charge in [-0.2, -0.15) is 5.26 Å². The summed E-state index contributed by atoms with van der Waals surface area (Å²) in [6, 6.07) is 10.2. The Bertz CT molecular complexity index is 1150. The van der Waals surface area contributed by atoms with Gasteiger partial charge in [-0.05, 0) is 35.6 Å². The van der Waals surface area contributed by atoms with E-state index < -0.39 is 5.92 Å². The van der Waals surface area contributed by atoms with Gasteiger partial charge in [0.15, 0.2) is 10.1 Å². The van der Waals surface area contributed by atoms with Crippen molar-refractivity contribution in [3.63, 3.8) is 0 Å². The summed E-state index contributed by atoms with van der Waals surface area (Å²) in [5, 5.41) is 19.4. The van der Waals surface area contributed by atoms with Gasteiger partial charge in [-0.15, -0.1) is 10.2 Å². The summed E-state index contributed by atoms with van der Waals surface area (Å²) in [4.78, 5) is 15.3. The summed E-state index contributed by atoms with van der Waals surface area (Å²) in [6.45, 7) is 8.25. The van der Waals surface area contributed by atoms with Crippen LogP contribution in [0.15, 0.2) is 51.3 Å². The SMILES string of the molecule is CCSc1nnc(N2C(N)=C(C#N)C(c3ccccc3C)C3=C2CC(C)(C)CC3=O)s1. The van der Waals surface area contributed by atoms with Crippen LogP contribution in [-0.2, 0) is 4.79 Å². The molecule has 2 aromatic rings. The number of allylic oxidation sites excluding steroid dienone is 3. The van der Waals surface area contributed by atoms with E-state index in [1.54, 1.807) is 16.7 Å². The highest BCUT2D eigenvalue weighted by Crippen LogP contribution is 2.51. The Balaban J connectivity index is 1.97. The molecule has 8 heteroatoms. The molecular weight excluding hydrogens is 426 g/mol. The molecule has 6 nitrogen and oxygen atoms in total. The molecule has 0 bridgehead atoms. The quantitative estimate of drug-likeness (QED) is 0.661. The van der Waals surface area contributed by atoms with Crippen molar-refractivity contribution in [1.82, 2.24) is 10.2 Å². The molecule has 2 heterocycles. The molecule has 1 aromatic carbocycles. The second-order valence-electron chi connectivity index (χ2n) is 8.62. The zero-order chi connectivity index (χ0) is 22.3. The number of carbonyl (C=O) groups is 1. The van der Waals surface area contributed by atoms with Crippen LogP contribution in [0.2, 0.25) is 0 Å². The van der Waals surface area contributed by atoms with Gasteiger partial charge in [0.25, 0.3) is 0 Å². The first-order valence-corrected chi connectivity index (χ1v) is 12.1. The number of benzene rings is 1. The van der Waals surface area contributed by atoms with Gasteiger partial charge >= 0.3 is 0 Å². The first-order valence-electron chi connectivity index (χ1n) is 10.3. The number of aryl methyl sites for hydroxylation is 1. The second kappa shape index (κ2) is 8.13. The fourth-order valence-corrected chi connectivity index (χ4v) is 6.20. The number of nitrogens with zero attached hydrogens (tertiary/aromatic N) is 4. The minimum Gasteiger partial charge on any atom is -0.384 e. The third-order valence-electron chi connectivity index (χ3n) is 5.74. The number of hydrogen-bond donors (Lipinski definition) is 1. The van der Waals surface area contributed by atoms with Gasteiger partial charge in [0.2, 0.25) is 5.13 Å². The summed E-state index contributed by atoms with van der Waals surface area (Å²) >= 11 is 3.05. The van der Waals surface area contributed by atoms with Gasteiger partial charge in [-0.3, -0.25) is 9.69 Å². The number of hydrogen-bond acceptors (Lipinski definition) is 8. The molecule has 0 radical (unpaired) electrons. The molecule has 0 saturated heterocycles. The minimum atomic E-state index is -0.460.